The van der Waals surface area contributed by atoms with E-state index in [1.807, 2.05) is 36.0 Å². The van der Waals surface area contributed by atoms with Crippen molar-refractivity contribution in [1.82, 2.24) is 0 Å². The number of carbonyl (C=O) groups is 1. The lowest BCUT2D eigenvalue weighted by atomic mass is 9.99. The van der Waals surface area contributed by atoms with E-state index < -0.39 is 0 Å². The number of hydrogen-bond donors (Lipinski definition) is 1. The quantitative estimate of drug-likeness (QED) is 0.356. The van der Waals surface area contributed by atoms with E-state index in [1.165, 1.54) is 27.1 Å². The first-order valence-electron chi connectivity index (χ1n) is 11.1. The van der Waals surface area contributed by atoms with E-state index in [9.17, 15) is 4.79 Å². The Labute approximate surface area is 191 Å². The van der Waals surface area contributed by atoms with Gasteiger partial charge in [0.1, 0.15) is 0 Å². The highest BCUT2D eigenvalue weighted by Gasteiger charge is 2.16. The molecular formula is C28H33NOS. The van der Waals surface area contributed by atoms with Crippen LogP contribution in [0.5, 0.6) is 0 Å². The molecule has 0 spiro atoms. The van der Waals surface area contributed by atoms with Crippen LogP contribution in [0.2, 0.25) is 0 Å². The highest BCUT2D eigenvalue weighted by Crippen LogP contribution is 2.40. The molecule has 0 saturated carbocycles. The molecule has 3 heteroatoms. The number of amides is 1. The van der Waals surface area contributed by atoms with Crippen LogP contribution in [-0.2, 0) is 6.42 Å². The molecule has 3 rings (SSSR count). The van der Waals surface area contributed by atoms with Crippen LogP contribution in [0.25, 0.3) is 11.1 Å². The molecule has 2 nitrogen and oxygen atoms in total. The van der Waals surface area contributed by atoms with Gasteiger partial charge in [-0.05, 0) is 71.2 Å². The first kappa shape index (κ1) is 23.1. The number of hydrogen-bond acceptors (Lipinski definition) is 2. The molecule has 0 radical (unpaired) electrons. The summed E-state index contributed by atoms with van der Waals surface area (Å²) in [6, 6.07) is 25.5. The Kier molecular flexibility index (Phi) is 7.97. The molecule has 1 unspecified atom stereocenters. The Morgan fingerprint density at radius 2 is 1.32 bits per heavy atom. The zero-order chi connectivity index (χ0) is 22.4. The van der Waals surface area contributed by atoms with Crippen molar-refractivity contribution in [2.75, 3.05) is 0 Å². The highest BCUT2D eigenvalue weighted by molar-refractivity contribution is 7.99. The Bertz CT molecular complexity index is 973. The summed E-state index contributed by atoms with van der Waals surface area (Å²) >= 11 is 1.88. The molecule has 0 fully saturated rings. The summed E-state index contributed by atoms with van der Waals surface area (Å²) in [7, 11) is 0. The SMILES string of the molecule is CC(C)Cc1ccc(-c2ccc(SC(CC(C)C)c3ccc(C(N)=O)cc3)cc2)cc1. The summed E-state index contributed by atoms with van der Waals surface area (Å²) in [5, 5.41) is 0.336. The molecule has 0 bridgehead atoms. The minimum absolute atomic E-state index is 0.336. The Morgan fingerprint density at radius 1 is 0.774 bits per heavy atom. The van der Waals surface area contributed by atoms with Gasteiger partial charge in [0.05, 0.1) is 0 Å². The summed E-state index contributed by atoms with van der Waals surface area (Å²) in [5.41, 5.74) is 11.1. The topological polar surface area (TPSA) is 43.1 Å². The average Bonchev–Trinajstić information content (AvgIpc) is 2.74. The van der Waals surface area contributed by atoms with Gasteiger partial charge >= 0.3 is 0 Å². The van der Waals surface area contributed by atoms with Crippen LogP contribution in [0.15, 0.2) is 77.7 Å². The van der Waals surface area contributed by atoms with Gasteiger partial charge in [-0.1, -0.05) is 76.2 Å². The van der Waals surface area contributed by atoms with Crippen LogP contribution >= 0.6 is 11.8 Å². The van der Waals surface area contributed by atoms with Crippen molar-refractivity contribution in [2.45, 2.75) is 50.7 Å². The second kappa shape index (κ2) is 10.7. The summed E-state index contributed by atoms with van der Waals surface area (Å²) in [4.78, 5) is 12.6. The third-order valence-corrected chi connectivity index (χ3v) is 6.61. The monoisotopic (exact) mass is 431 g/mol. The van der Waals surface area contributed by atoms with E-state index in [-0.39, 0.29) is 5.91 Å². The second-order valence-corrected chi connectivity index (χ2v) is 10.3. The van der Waals surface area contributed by atoms with Gasteiger partial charge in [-0.25, -0.2) is 0 Å². The van der Waals surface area contributed by atoms with Gasteiger partial charge < -0.3 is 5.73 Å². The fraction of sp³-hybridized carbons (Fsp3) is 0.321. The molecule has 0 heterocycles. The fourth-order valence-electron chi connectivity index (χ4n) is 3.74. The molecule has 2 N–H and O–H groups in total. The van der Waals surface area contributed by atoms with Crippen LogP contribution < -0.4 is 5.73 Å². The van der Waals surface area contributed by atoms with Crippen molar-refractivity contribution < 1.29 is 4.79 Å². The third-order valence-electron chi connectivity index (χ3n) is 5.32. The molecule has 0 aliphatic heterocycles. The zero-order valence-corrected chi connectivity index (χ0v) is 19.8. The molecule has 3 aromatic carbocycles. The highest BCUT2D eigenvalue weighted by atomic mass is 32.2. The Hall–Kier alpha value is -2.52. The number of nitrogens with two attached hydrogens (primary N) is 1. The lowest BCUT2D eigenvalue weighted by molar-refractivity contribution is 0.100. The molecule has 0 aliphatic rings. The first-order chi connectivity index (χ1) is 14.8. The van der Waals surface area contributed by atoms with Crippen LogP contribution in [0.4, 0.5) is 0 Å². The van der Waals surface area contributed by atoms with Crippen molar-refractivity contribution in [3.05, 3.63) is 89.5 Å². The van der Waals surface area contributed by atoms with E-state index in [0.717, 1.165) is 12.8 Å². The average molecular weight is 432 g/mol. The summed E-state index contributed by atoms with van der Waals surface area (Å²) in [6.07, 6.45) is 2.19. The van der Waals surface area contributed by atoms with Gasteiger partial charge in [0.2, 0.25) is 5.91 Å². The standard InChI is InChI=1S/C28H33NOS/c1-19(2)17-21-5-7-22(8-6-21)23-13-15-26(16-14-23)31-27(18-20(3)4)24-9-11-25(12-10-24)28(29)30/h5-16,19-20,27H,17-18H2,1-4H3,(H2,29,30). The lowest BCUT2D eigenvalue weighted by Gasteiger charge is -2.20. The van der Waals surface area contributed by atoms with E-state index in [1.54, 1.807) is 0 Å². The summed E-state index contributed by atoms with van der Waals surface area (Å²) in [6.45, 7) is 9.00. The van der Waals surface area contributed by atoms with Gasteiger partial charge in [0, 0.05) is 15.7 Å². The van der Waals surface area contributed by atoms with Gasteiger partial charge in [-0.3, -0.25) is 4.79 Å². The number of rotatable bonds is 9. The third kappa shape index (κ3) is 6.73. The number of carbonyl (C=O) groups excluding carboxylic acids is 1. The van der Waals surface area contributed by atoms with Crippen LogP contribution in [0.1, 0.15) is 60.9 Å². The van der Waals surface area contributed by atoms with Gasteiger partial charge in [-0.15, -0.1) is 11.8 Å². The Morgan fingerprint density at radius 3 is 1.81 bits per heavy atom. The molecule has 1 atom stereocenters. The molecule has 3 aromatic rings. The van der Waals surface area contributed by atoms with Gasteiger partial charge in [0.25, 0.3) is 0 Å². The van der Waals surface area contributed by atoms with Crippen LogP contribution in [0, 0.1) is 11.8 Å². The van der Waals surface area contributed by atoms with Crippen molar-refractivity contribution in [3.8, 4) is 11.1 Å². The van der Waals surface area contributed by atoms with Crippen molar-refractivity contribution in [1.29, 1.82) is 0 Å². The molecule has 0 aromatic heterocycles. The molecule has 0 saturated heterocycles. The number of thioether (sulfide) groups is 1. The van der Waals surface area contributed by atoms with E-state index in [0.29, 0.717) is 22.6 Å². The largest absolute Gasteiger partial charge is 0.366 e. The van der Waals surface area contributed by atoms with Crippen molar-refractivity contribution in [3.63, 3.8) is 0 Å². The molecule has 1 amide bonds. The van der Waals surface area contributed by atoms with Crippen LogP contribution in [-0.4, -0.2) is 5.91 Å². The minimum Gasteiger partial charge on any atom is -0.366 e. The van der Waals surface area contributed by atoms with Gasteiger partial charge in [-0.2, -0.15) is 0 Å². The predicted octanol–water partition coefficient (Wildman–Crippen LogP) is 7.53. The molecule has 162 valence electrons. The maximum absolute atomic E-state index is 11.4. The second-order valence-electron chi connectivity index (χ2n) is 9.04. The van der Waals surface area contributed by atoms with Crippen molar-refractivity contribution >= 4 is 17.7 Å². The van der Waals surface area contributed by atoms with Crippen molar-refractivity contribution in [2.24, 2.45) is 17.6 Å². The predicted molar refractivity (Wildman–Crippen MR) is 133 cm³/mol. The molecular weight excluding hydrogens is 398 g/mol. The maximum atomic E-state index is 11.4. The first-order valence-corrected chi connectivity index (χ1v) is 12.0. The number of primary amides is 1. The maximum Gasteiger partial charge on any atom is 0.248 e. The zero-order valence-electron chi connectivity index (χ0n) is 19.0. The van der Waals surface area contributed by atoms with E-state index in [4.69, 9.17) is 5.73 Å². The molecule has 0 aliphatic carbocycles. The van der Waals surface area contributed by atoms with Gasteiger partial charge in [0.15, 0.2) is 0 Å². The normalized spacial score (nSPS) is 12.3. The van der Waals surface area contributed by atoms with Crippen LogP contribution in [0.3, 0.4) is 0 Å². The summed E-state index contributed by atoms with van der Waals surface area (Å²) in [5.74, 6) is 0.873. The lowest BCUT2D eigenvalue weighted by Crippen LogP contribution is -2.10. The Balaban J connectivity index is 1.74. The smallest absolute Gasteiger partial charge is 0.248 e. The van der Waals surface area contributed by atoms with E-state index in [2.05, 4.69) is 76.2 Å². The van der Waals surface area contributed by atoms with E-state index >= 15 is 0 Å². The minimum atomic E-state index is -0.382. The number of benzene rings is 3. The molecule has 31 heavy (non-hydrogen) atoms. The summed E-state index contributed by atoms with van der Waals surface area (Å²) < 4.78 is 0. The fourth-order valence-corrected chi connectivity index (χ4v) is 5.13.